The second-order valence-corrected chi connectivity index (χ2v) is 5.58. The number of carbonyl (C=O) groups excluding carboxylic acids is 1. The van der Waals surface area contributed by atoms with Gasteiger partial charge >= 0.3 is 5.97 Å². The van der Waals surface area contributed by atoms with Gasteiger partial charge in [0.25, 0.3) is 0 Å². The van der Waals surface area contributed by atoms with E-state index in [1.165, 1.54) is 0 Å². The minimum Gasteiger partial charge on any atom is -0.480 e. The van der Waals surface area contributed by atoms with Gasteiger partial charge in [-0.3, -0.25) is 9.59 Å². The van der Waals surface area contributed by atoms with E-state index in [1.54, 1.807) is 0 Å². The third-order valence-electron chi connectivity index (χ3n) is 1.62. The summed E-state index contributed by atoms with van der Waals surface area (Å²) in [6, 6.07) is 0. The lowest BCUT2D eigenvalue weighted by Crippen LogP contribution is -2.44. The molecule has 0 saturated heterocycles. The molecule has 0 saturated carbocycles. The fraction of sp³-hybridized carbons (Fsp3) is 0.667. The summed E-state index contributed by atoms with van der Waals surface area (Å²) in [7, 11) is -4.03. The Bertz CT molecular complexity index is 329. The number of aliphatic carboxylic acids is 1. The molecule has 6 nitrogen and oxygen atoms in total. The van der Waals surface area contributed by atoms with Crippen molar-refractivity contribution >= 4 is 21.7 Å². The molecule has 0 heterocycles. The fourth-order valence-electron chi connectivity index (χ4n) is 0.501. The van der Waals surface area contributed by atoms with E-state index in [0.717, 1.165) is 13.8 Å². The summed E-state index contributed by atoms with van der Waals surface area (Å²) in [5.41, 5.74) is 4.66. The largest absolute Gasteiger partial charge is 0.480 e. The van der Waals surface area contributed by atoms with Crippen LogP contribution in [0.15, 0.2) is 0 Å². The van der Waals surface area contributed by atoms with Gasteiger partial charge in [-0.2, -0.15) is 0 Å². The molecule has 3 N–H and O–H groups in total. The number of rotatable bonds is 4. The third-order valence-corrected chi connectivity index (χ3v) is 4.02. The Labute approximate surface area is 75.6 Å². The van der Waals surface area contributed by atoms with Crippen molar-refractivity contribution in [2.45, 2.75) is 18.6 Å². The van der Waals surface area contributed by atoms with Crippen molar-refractivity contribution in [3.63, 3.8) is 0 Å². The summed E-state index contributed by atoms with van der Waals surface area (Å²) in [5, 5.41) is 8.56. The SMILES string of the molecule is CC(C)(C(=O)O)S(=O)(=O)CC(N)=O. The molecule has 0 fully saturated rings. The van der Waals surface area contributed by atoms with Crippen LogP contribution in [0.3, 0.4) is 0 Å². The van der Waals surface area contributed by atoms with Crippen molar-refractivity contribution in [1.29, 1.82) is 0 Å². The highest BCUT2D eigenvalue weighted by molar-refractivity contribution is 7.94. The number of nitrogens with two attached hydrogens (primary N) is 1. The second-order valence-electron chi connectivity index (χ2n) is 3.04. The number of hydrogen-bond acceptors (Lipinski definition) is 4. The first-order chi connectivity index (χ1) is 5.61. The van der Waals surface area contributed by atoms with Crippen LogP contribution in [-0.2, 0) is 19.4 Å². The Morgan fingerprint density at radius 2 is 1.77 bits per heavy atom. The highest BCUT2D eigenvalue weighted by atomic mass is 32.2. The Balaban J connectivity index is 5.06. The monoisotopic (exact) mass is 209 g/mol. The van der Waals surface area contributed by atoms with Crippen molar-refractivity contribution in [2.24, 2.45) is 5.73 Å². The van der Waals surface area contributed by atoms with E-state index in [1.807, 2.05) is 0 Å². The van der Waals surface area contributed by atoms with Crippen molar-refractivity contribution in [2.75, 3.05) is 5.75 Å². The van der Waals surface area contributed by atoms with E-state index in [4.69, 9.17) is 5.11 Å². The topological polar surface area (TPSA) is 115 Å². The number of sulfone groups is 1. The average Bonchev–Trinajstić information content (AvgIpc) is 1.83. The maximum Gasteiger partial charge on any atom is 0.324 e. The second kappa shape index (κ2) is 3.33. The molecule has 0 unspecified atom stereocenters. The molecule has 0 bridgehead atoms. The van der Waals surface area contributed by atoms with Crippen LogP contribution >= 0.6 is 0 Å². The first-order valence-corrected chi connectivity index (χ1v) is 5.00. The molecular weight excluding hydrogens is 198 g/mol. The molecule has 0 aromatic heterocycles. The van der Waals surface area contributed by atoms with Gasteiger partial charge in [0, 0.05) is 0 Å². The zero-order chi connectivity index (χ0) is 10.9. The third kappa shape index (κ3) is 2.41. The summed E-state index contributed by atoms with van der Waals surface area (Å²) in [6.07, 6.45) is 0. The summed E-state index contributed by atoms with van der Waals surface area (Å²) in [5.74, 6) is -3.52. The van der Waals surface area contributed by atoms with Gasteiger partial charge in [-0.15, -0.1) is 0 Å². The van der Waals surface area contributed by atoms with Crippen LogP contribution in [0.5, 0.6) is 0 Å². The van der Waals surface area contributed by atoms with Gasteiger partial charge < -0.3 is 10.8 Å². The number of carboxylic acids is 1. The maximum atomic E-state index is 11.2. The molecule has 1 amide bonds. The molecule has 0 aromatic carbocycles. The molecule has 0 aromatic rings. The van der Waals surface area contributed by atoms with Crippen LogP contribution < -0.4 is 5.73 Å². The Hall–Kier alpha value is -1.11. The predicted molar refractivity (Wildman–Crippen MR) is 44.7 cm³/mol. The minimum absolute atomic E-state index is 0.952. The smallest absolute Gasteiger partial charge is 0.324 e. The van der Waals surface area contributed by atoms with Gasteiger partial charge in [0.15, 0.2) is 14.6 Å². The molecular formula is C6H11NO5S. The summed E-state index contributed by atoms with van der Waals surface area (Å²) in [6.45, 7) is 2.02. The van der Waals surface area contributed by atoms with Crippen LogP contribution in [0.25, 0.3) is 0 Å². The minimum atomic E-state index is -4.03. The van der Waals surface area contributed by atoms with Crippen molar-refractivity contribution in [1.82, 2.24) is 0 Å². The molecule has 0 atom stereocenters. The van der Waals surface area contributed by atoms with Crippen molar-refractivity contribution in [3.05, 3.63) is 0 Å². The fourth-order valence-corrected chi connectivity index (χ4v) is 1.50. The van der Waals surface area contributed by atoms with E-state index >= 15 is 0 Å². The molecule has 13 heavy (non-hydrogen) atoms. The van der Waals surface area contributed by atoms with E-state index in [9.17, 15) is 18.0 Å². The number of primary amides is 1. The molecule has 76 valence electrons. The molecule has 0 spiro atoms. The zero-order valence-electron chi connectivity index (χ0n) is 7.27. The summed E-state index contributed by atoms with van der Waals surface area (Å²) >= 11 is 0. The van der Waals surface area contributed by atoms with E-state index in [2.05, 4.69) is 5.73 Å². The van der Waals surface area contributed by atoms with Crippen LogP contribution in [0.4, 0.5) is 0 Å². The first kappa shape index (κ1) is 11.9. The van der Waals surface area contributed by atoms with Crippen molar-refractivity contribution in [3.8, 4) is 0 Å². The van der Waals surface area contributed by atoms with Gasteiger partial charge in [-0.25, -0.2) is 8.42 Å². The number of amides is 1. The van der Waals surface area contributed by atoms with E-state index < -0.39 is 32.2 Å². The number of hydrogen-bond donors (Lipinski definition) is 2. The lowest BCUT2D eigenvalue weighted by atomic mass is 10.2. The van der Waals surface area contributed by atoms with Gasteiger partial charge in [0.1, 0.15) is 5.75 Å². The molecule has 0 aliphatic heterocycles. The highest BCUT2D eigenvalue weighted by Crippen LogP contribution is 2.17. The molecule has 0 rings (SSSR count). The first-order valence-electron chi connectivity index (χ1n) is 3.35. The summed E-state index contributed by atoms with van der Waals surface area (Å²) < 4.78 is 20.5. The summed E-state index contributed by atoms with van der Waals surface area (Å²) in [4.78, 5) is 20.9. The van der Waals surface area contributed by atoms with Gasteiger partial charge in [-0.05, 0) is 13.8 Å². The van der Waals surface area contributed by atoms with Crippen molar-refractivity contribution < 1.29 is 23.1 Å². The number of carboxylic acid groups (broad SMARTS) is 1. The molecule has 7 heteroatoms. The lowest BCUT2D eigenvalue weighted by molar-refractivity contribution is -0.139. The van der Waals surface area contributed by atoms with E-state index in [-0.39, 0.29) is 0 Å². The lowest BCUT2D eigenvalue weighted by Gasteiger charge is -2.18. The zero-order valence-corrected chi connectivity index (χ0v) is 8.09. The van der Waals surface area contributed by atoms with Crippen LogP contribution in [0.2, 0.25) is 0 Å². The predicted octanol–water partition coefficient (Wildman–Crippen LogP) is -1.25. The van der Waals surface area contributed by atoms with Crippen LogP contribution in [0.1, 0.15) is 13.8 Å². The Kier molecular flexibility index (Phi) is 3.04. The van der Waals surface area contributed by atoms with Crippen LogP contribution in [0, 0.1) is 0 Å². The molecule has 0 aliphatic rings. The normalized spacial score (nSPS) is 12.5. The van der Waals surface area contributed by atoms with Gasteiger partial charge in [0.05, 0.1) is 0 Å². The Morgan fingerprint density at radius 1 is 1.38 bits per heavy atom. The average molecular weight is 209 g/mol. The van der Waals surface area contributed by atoms with Gasteiger partial charge in [-0.1, -0.05) is 0 Å². The standard InChI is InChI=1S/C6H11NO5S/c1-6(2,5(9)10)13(11,12)3-4(7)8/h3H2,1-2H3,(H2,7,8)(H,9,10). The molecule has 0 radical (unpaired) electrons. The quantitative estimate of drug-likeness (QED) is 0.600. The van der Waals surface area contributed by atoms with Crippen LogP contribution in [-0.4, -0.2) is 35.9 Å². The van der Waals surface area contributed by atoms with Gasteiger partial charge in [0.2, 0.25) is 5.91 Å². The Morgan fingerprint density at radius 3 is 2.00 bits per heavy atom. The molecule has 0 aliphatic carbocycles. The maximum absolute atomic E-state index is 11.2. The van der Waals surface area contributed by atoms with E-state index in [0.29, 0.717) is 0 Å². The highest BCUT2D eigenvalue weighted by Gasteiger charge is 2.42. The number of carbonyl (C=O) groups is 2.